The van der Waals surface area contributed by atoms with Crippen molar-refractivity contribution in [3.63, 3.8) is 0 Å². The zero-order valence-electron chi connectivity index (χ0n) is 12.6. The van der Waals surface area contributed by atoms with E-state index in [2.05, 4.69) is 28.4 Å². The molecular formula is C17H25FN2O. The molecule has 1 aromatic carbocycles. The van der Waals surface area contributed by atoms with E-state index < -0.39 is 6.17 Å². The molecule has 0 spiro atoms. The van der Waals surface area contributed by atoms with Crippen LogP contribution in [0, 0.1) is 0 Å². The minimum Gasteiger partial charge on any atom is -0.492 e. The van der Waals surface area contributed by atoms with Gasteiger partial charge in [0.05, 0.1) is 0 Å². The number of nitrogens with zero attached hydrogens (tertiary/aromatic N) is 1. The molecule has 1 aromatic rings. The fourth-order valence-corrected chi connectivity index (χ4v) is 3.36. The first-order chi connectivity index (χ1) is 10.3. The summed E-state index contributed by atoms with van der Waals surface area (Å²) in [5.41, 5.74) is 1.34. The highest BCUT2D eigenvalue weighted by atomic mass is 19.1. The first-order valence-corrected chi connectivity index (χ1v) is 8.12. The fourth-order valence-electron chi connectivity index (χ4n) is 3.36. The molecule has 2 aliphatic heterocycles. The number of nitrogens with one attached hydrogen (secondary N) is 1. The number of ether oxygens (including phenoxy) is 1. The van der Waals surface area contributed by atoms with E-state index in [1.807, 2.05) is 6.07 Å². The zero-order chi connectivity index (χ0) is 14.5. The van der Waals surface area contributed by atoms with Crippen LogP contribution in [0.4, 0.5) is 4.39 Å². The summed E-state index contributed by atoms with van der Waals surface area (Å²) in [5, 5.41) is 3.41. The average molecular weight is 292 g/mol. The number of piperidine rings is 1. The Bertz CT molecular complexity index is 448. The minimum absolute atomic E-state index is 0.569. The molecule has 0 saturated carbocycles. The van der Waals surface area contributed by atoms with Gasteiger partial charge in [-0.2, -0.15) is 0 Å². The topological polar surface area (TPSA) is 24.5 Å². The molecule has 0 amide bonds. The second-order valence-electron chi connectivity index (χ2n) is 6.10. The normalized spacial score (nSPS) is 24.3. The Morgan fingerprint density at radius 1 is 1.19 bits per heavy atom. The van der Waals surface area contributed by atoms with E-state index in [0.29, 0.717) is 25.5 Å². The quantitative estimate of drug-likeness (QED) is 0.903. The summed E-state index contributed by atoms with van der Waals surface area (Å²) in [6, 6.07) is 8.39. The lowest BCUT2D eigenvalue weighted by molar-refractivity contribution is 0.222. The molecule has 1 N–H and O–H groups in total. The van der Waals surface area contributed by atoms with Crippen molar-refractivity contribution in [1.29, 1.82) is 0 Å². The molecule has 116 valence electrons. The number of para-hydroxylation sites is 1. The van der Waals surface area contributed by atoms with Crippen molar-refractivity contribution in [3.8, 4) is 5.75 Å². The van der Waals surface area contributed by atoms with Crippen LogP contribution in [0.2, 0.25) is 0 Å². The van der Waals surface area contributed by atoms with Crippen LogP contribution < -0.4 is 10.1 Å². The van der Waals surface area contributed by atoms with Gasteiger partial charge in [0.25, 0.3) is 0 Å². The van der Waals surface area contributed by atoms with Gasteiger partial charge in [0.15, 0.2) is 0 Å². The highest BCUT2D eigenvalue weighted by molar-refractivity contribution is 5.36. The predicted octanol–water partition coefficient (Wildman–Crippen LogP) is 2.58. The molecule has 3 nitrogen and oxygen atoms in total. The van der Waals surface area contributed by atoms with Crippen molar-refractivity contribution in [3.05, 3.63) is 29.8 Å². The Morgan fingerprint density at radius 3 is 2.76 bits per heavy atom. The summed E-state index contributed by atoms with van der Waals surface area (Å²) in [4.78, 5) is 2.15. The van der Waals surface area contributed by atoms with Gasteiger partial charge >= 0.3 is 0 Å². The van der Waals surface area contributed by atoms with Crippen molar-refractivity contribution in [2.45, 2.75) is 31.4 Å². The van der Waals surface area contributed by atoms with Crippen LogP contribution in [0.25, 0.3) is 0 Å². The molecular weight excluding hydrogens is 267 g/mol. The first-order valence-electron chi connectivity index (χ1n) is 8.12. The van der Waals surface area contributed by atoms with Gasteiger partial charge in [-0.25, -0.2) is 4.39 Å². The smallest absolute Gasteiger partial charge is 0.122 e. The molecule has 1 atom stereocenters. The first kappa shape index (κ1) is 14.8. The van der Waals surface area contributed by atoms with Gasteiger partial charge in [0, 0.05) is 19.6 Å². The second-order valence-corrected chi connectivity index (χ2v) is 6.10. The van der Waals surface area contributed by atoms with Gasteiger partial charge in [0.1, 0.15) is 18.5 Å². The van der Waals surface area contributed by atoms with Crippen LogP contribution in [-0.2, 0) is 0 Å². The number of likely N-dealkylation sites (tertiary alicyclic amines) is 1. The van der Waals surface area contributed by atoms with E-state index in [0.717, 1.165) is 31.9 Å². The van der Waals surface area contributed by atoms with E-state index in [1.165, 1.54) is 18.4 Å². The van der Waals surface area contributed by atoms with Crippen LogP contribution in [-0.4, -0.2) is 50.4 Å². The van der Waals surface area contributed by atoms with E-state index in [-0.39, 0.29) is 0 Å². The van der Waals surface area contributed by atoms with Gasteiger partial charge in [-0.15, -0.1) is 0 Å². The summed E-state index contributed by atoms with van der Waals surface area (Å²) < 4.78 is 19.1. The van der Waals surface area contributed by atoms with Gasteiger partial charge in [-0.1, -0.05) is 18.2 Å². The van der Waals surface area contributed by atoms with Gasteiger partial charge in [-0.05, 0) is 49.9 Å². The minimum atomic E-state index is -0.646. The molecule has 21 heavy (non-hydrogen) atoms. The number of hydrogen-bond acceptors (Lipinski definition) is 3. The largest absolute Gasteiger partial charge is 0.492 e. The standard InChI is InChI=1S/C17H25FN2O/c18-15-7-10-20(13-15)11-12-21-17-4-2-1-3-16(17)14-5-8-19-9-6-14/h1-4,14-15,19H,5-13H2/t15-/m1/s1. The monoisotopic (exact) mass is 292 g/mol. The summed E-state index contributed by atoms with van der Waals surface area (Å²) in [6.45, 7) is 5.07. The van der Waals surface area contributed by atoms with Crippen LogP contribution in [0.5, 0.6) is 5.75 Å². The Balaban J connectivity index is 1.54. The van der Waals surface area contributed by atoms with Crippen molar-refractivity contribution < 1.29 is 9.13 Å². The van der Waals surface area contributed by atoms with Crippen molar-refractivity contribution in [2.24, 2.45) is 0 Å². The summed E-state index contributed by atoms with van der Waals surface area (Å²) in [6.07, 6.45) is 2.38. The zero-order valence-corrected chi connectivity index (χ0v) is 12.6. The molecule has 2 heterocycles. The maximum atomic E-state index is 13.1. The third kappa shape index (κ3) is 3.95. The molecule has 3 rings (SSSR count). The third-order valence-electron chi connectivity index (χ3n) is 4.58. The summed E-state index contributed by atoms with van der Waals surface area (Å²) in [7, 11) is 0. The number of alkyl halides is 1. The van der Waals surface area contributed by atoms with E-state index in [4.69, 9.17) is 4.74 Å². The van der Waals surface area contributed by atoms with Crippen LogP contribution in [0.15, 0.2) is 24.3 Å². The maximum absolute atomic E-state index is 13.1. The van der Waals surface area contributed by atoms with Crippen LogP contribution in [0.3, 0.4) is 0 Å². The number of benzene rings is 1. The molecule has 2 fully saturated rings. The van der Waals surface area contributed by atoms with E-state index >= 15 is 0 Å². The maximum Gasteiger partial charge on any atom is 0.122 e. The molecule has 2 saturated heterocycles. The van der Waals surface area contributed by atoms with Crippen molar-refractivity contribution >= 4 is 0 Å². The molecule has 2 aliphatic rings. The number of halogens is 1. The van der Waals surface area contributed by atoms with Crippen LogP contribution in [0.1, 0.15) is 30.7 Å². The lowest BCUT2D eigenvalue weighted by Crippen LogP contribution is -2.28. The molecule has 4 heteroatoms. The van der Waals surface area contributed by atoms with E-state index in [1.54, 1.807) is 0 Å². The van der Waals surface area contributed by atoms with Gasteiger partial charge in [0.2, 0.25) is 0 Å². The fraction of sp³-hybridized carbons (Fsp3) is 0.647. The predicted molar refractivity (Wildman–Crippen MR) is 82.7 cm³/mol. The molecule has 0 bridgehead atoms. The Labute approximate surface area is 126 Å². The Morgan fingerprint density at radius 2 is 2.00 bits per heavy atom. The lowest BCUT2D eigenvalue weighted by Gasteiger charge is -2.25. The third-order valence-corrected chi connectivity index (χ3v) is 4.58. The van der Waals surface area contributed by atoms with Crippen molar-refractivity contribution in [1.82, 2.24) is 10.2 Å². The summed E-state index contributed by atoms with van der Waals surface area (Å²) in [5.74, 6) is 1.62. The van der Waals surface area contributed by atoms with Crippen molar-refractivity contribution in [2.75, 3.05) is 39.3 Å². The van der Waals surface area contributed by atoms with Gasteiger partial charge in [-0.3, -0.25) is 4.90 Å². The summed E-state index contributed by atoms with van der Waals surface area (Å²) >= 11 is 0. The molecule has 0 radical (unpaired) electrons. The molecule has 0 unspecified atom stereocenters. The van der Waals surface area contributed by atoms with E-state index in [9.17, 15) is 4.39 Å². The Hall–Kier alpha value is -1.13. The highest BCUT2D eigenvalue weighted by Crippen LogP contribution is 2.32. The SMILES string of the molecule is F[C@@H]1CCN(CCOc2ccccc2C2CCNCC2)C1. The second kappa shape index (κ2) is 7.23. The lowest BCUT2D eigenvalue weighted by atomic mass is 9.89. The highest BCUT2D eigenvalue weighted by Gasteiger charge is 2.22. The molecule has 0 aromatic heterocycles. The average Bonchev–Trinajstić information content (AvgIpc) is 2.94. The number of hydrogen-bond donors (Lipinski definition) is 1. The molecule has 0 aliphatic carbocycles. The van der Waals surface area contributed by atoms with Gasteiger partial charge < -0.3 is 10.1 Å². The Kier molecular flexibility index (Phi) is 5.09. The van der Waals surface area contributed by atoms with Crippen LogP contribution >= 0.6 is 0 Å². The number of rotatable bonds is 5.